The molecule has 1 aliphatic heterocycles. The molecular formula is C14H24N4O. The van der Waals surface area contributed by atoms with E-state index < -0.39 is 0 Å². The molecule has 1 aromatic rings. The lowest BCUT2D eigenvalue weighted by Gasteiger charge is -2.35. The molecule has 5 heteroatoms. The van der Waals surface area contributed by atoms with Crippen molar-refractivity contribution >= 4 is 11.5 Å². The highest BCUT2D eigenvalue weighted by Gasteiger charge is 2.17. The predicted molar refractivity (Wildman–Crippen MR) is 78.2 cm³/mol. The zero-order valence-electron chi connectivity index (χ0n) is 11.5. The minimum atomic E-state index is 0.316. The zero-order chi connectivity index (χ0) is 13.5. The fourth-order valence-electron chi connectivity index (χ4n) is 2.41. The number of aliphatic hydroxyl groups excluding tert-OH is 1. The van der Waals surface area contributed by atoms with E-state index in [-0.39, 0.29) is 0 Å². The number of nitrogen functional groups attached to an aromatic ring is 1. The average Bonchev–Trinajstić information content (AvgIpc) is 2.45. The molecule has 1 fully saturated rings. The quantitative estimate of drug-likeness (QED) is 0.749. The summed E-state index contributed by atoms with van der Waals surface area (Å²) in [5.41, 5.74) is 6.36. The Kier molecular flexibility index (Phi) is 5.42. The van der Waals surface area contributed by atoms with Crippen molar-refractivity contribution in [1.29, 1.82) is 0 Å². The molecule has 0 radical (unpaired) electrons. The van der Waals surface area contributed by atoms with E-state index in [0.29, 0.717) is 12.3 Å². The third kappa shape index (κ3) is 4.36. The molecular weight excluding hydrogens is 240 g/mol. The first-order valence-corrected chi connectivity index (χ1v) is 7.09. The number of aliphatic hydroxyl groups is 1. The lowest BCUT2D eigenvalue weighted by atomic mass is 10.2. The largest absolute Gasteiger partial charge is 0.397 e. The number of unbranched alkanes of at least 4 members (excludes halogenated alkanes) is 2. The maximum atomic E-state index is 8.75. The standard InChI is InChI=1S/C14H24N4O/c15-13-4-5-14(16-12-13)18-9-7-17(8-10-18)6-2-1-3-11-19/h4-5,12,19H,1-3,6-11,15H2. The summed E-state index contributed by atoms with van der Waals surface area (Å²) in [6, 6.07) is 3.90. The van der Waals surface area contributed by atoms with Crippen molar-refractivity contribution < 1.29 is 5.11 Å². The Morgan fingerprint density at radius 1 is 1.11 bits per heavy atom. The van der Waals surface area contributed by atoms with Crippen LogP contribution in [-0.4, -0.2) is 54.3 Å². The van der Waals surface area contributed by atoms with Gasteiger partial charge >= 0.3 is 0 Å². The van der Waals surface area contributed by atoms with Crippen LogP contribution >= 0.6 is 0 Å². The summed E-state index contributed by atoms with van der Waals surface area (Å²) in [6.07, 6.45) is 4.95. The monoisotopic (exact) mass is 264 g/mol. The summed E-state index contributed by atoms with van der Waals surface area (Å²) in [4.78, 5) is 9.17. The summed E-state index contributed by atoms with van der Waals surface area (Å²) in [7, 11) is 0. The molecule has 3 N–H and O–H groups in total. The van der Waals surface area contributed by atoms with Gasteiger partial charge in [-0.1, -0.05) is 0 Å². The van der Waals surface area contributed by atoms with Crippen LogP contribution in [0.3, 0.4) is 0 Å². The molecule has 2 rings (SSSR count). The highest BCUT2D eigenvalue weighted by atomic mass is 16.2. The first kappa shape index (κ1) is 14.1. The molecule has 0 bridgehead atoms. The Hall–Kier alpha value is -1.33. The maximum absolute atomic E-state index is 8.75. The number of aromatic nitrogens is 1. The van der Waals surface area contributed by atoms with E-state index in [1.165, 1.54) is 6.42 Å². The minimum absolute atomic E-state index is 0.316. The summed E-state index contributed by atoms with van der Waals surface area (Å²) in [6.45, 7) is 5.68. The molecule has 0 aromatic carbocycles. The normalized spacial score (nSPS) is 16.8. The Labute approximate surface area is 115 Å². The molecule has 5 nitrogen and oxygen atoms in total. The molecule has 1 aromatic heterocycles. The van der Waals surface area contributed by atoms with Crippen molar-refractivity contribution in [2.45, 2.75) is 19.3 Å². The lowest BCUT2D eigenvalue weighted by Crippen LogP contribution is -2.46. The summed E-state index contributed by atoms with van der Waals surface area (Å²) >= 11 is 0. The van der Waals surface area contributed by atoms with Crippen LogP contribution in [0, 0.1) is 0 Å². The van der Waals surface area contributed by atoms with Gasteiger partial charge in [0.15, 0.2) is 0 Å². The summed E-state index contributed by atoms with van der Waals surface area (Å²) in [5, 5.41) is 8.75. The smallest absolute Gasteiger partial charge is 0.128 e. The second-order valence-electron chi connectivity index (χ2n) is 5.06. The van der Waals surface area contributed by atoms with E-state index in [2.05, 4.69) is 14.8 Å². The fraction of sp³-hybridized carbons (Fsp3) is 0.643. The molecule has 0 spiro atoms. The first-order valence-electron chi connectivity index (χ1n) is 7.09. The first-order chi connectivity index (χ1) is 9.29. The van der Waals surface area contributed by atoms with Gasteiger partial charge in [0.2, 0.25) is 0 Å². The highest BCUT2D eigenvalue weighted by molar-refractivity contribution is 5.46. The topological polar surface area (TPSA) is 65.6 Å². The van der Waals surface area contributed by atoms with Crippen LogP contribution in [-0.2, 0) is 0 Å². The van der Waals surface area contributed by atoms with Crippen LogP contribution in [0.25, 0.3) is 0 Å². The van der Waals surface area contributed by atoms with Crippen LogP contribution in [0.2, 0.25) is 0 Å². The molecule has 0 aliphatic carbocycles. The number of hydrogen-bond donors (Lipinski definition) is 2. The third-order valence-electron chi connectivity index (χ3n) is 3.60. The van der Waals surface area contributed by atoms with Crippen molar-refractivity contribution in [2.75, 3.05) is 50.0 Å². The van der Waals surface area contributed by atoms with Crippen molar-refractivity contribution in [3.63, 3.8) is 0 Å². The number of piperazine rings is 1. The molecule has 106 valence electrons. The number of anilines is 2. The van der Waals surface area contributed by atoms with E-state index in [1.54, 1.807) is 6.20 Å². The van der Waals surface area contributed by atoms with Crippen molar-refractivity contribution in [2.24, 2.45) is 0 Å². The van der Waals surface area contributed by atoms with Crippen LogP contribution in [0.4, 0.5) is 11.5 Å². The van der Waals surface area contributed by atoms with Crippen molar-refractivity contribution in [3.8, 4) is 0 Å². The minimum Gasteiger partial charge on any atom is -0.397 e. The van der Waals surface area contributed by atoms with E-state index in [1.807, 2.05) is 12.1 Å². The van der Waals surface area contributed by atoms with E-state index >= 15 is 0 Å². The van der Waals surface area contributed by atoms with E-state index in [9.17, 15) is 0 Å². The molecule has 2 heterocycles. The number of nitrogens with two attached hydrogens (primary N) is 1. The summed E-state index contributed by atoms with van der Waals surface area (Å²) < 4.78 is 0. The number of hydrogen-bond acceptors (Lipinski definition) is 5. The molecule has 1 aliphatic rings. The number of nitrogens with zero attached hydrogens (tertiary/aromatic N) is 3. The average molecular weight is 264 g/mol. The van der Waals surface area contributed by atoms with Gasteiger partial charge in [-0.25, -0.2) is 4.98 Å². The van der Waals surface area contributed by atoms with Crippen molar-refractivity contribution in [1.82, 2.24) is 9.88 Å². The predicted octanol–water partition coefficient (Wildman–Crippen LogP) is 0.948. The van der Waals surface area contributed by atoms with Crippen LogP contribution < -0.4 is 10.6 Å². The molecule has 0 saturated carbocycles. The van der Waals surface area contributed by atoms with Gasteiger partial charge in [0.05, 0.1) is 11.9 Å². The number of rotatable bonds is 6. The SMILES string of the molecule is Nc1ccc(N2CCN(CCCCCO)CC2)nc1. The van der Waals surface area contributed by atoms with Gasteiger partial charge in [-0.2, -0.15) is 0 Å². The molecule has 19 heavy (non-hydrogen) atoms. The summed E-state index contributed by atoms with van der Waals surface area (Å²) in [5.74, 6) is 1.02. The van der Waals surface area contributed by atoms with Gasteiger partial charge in [0.1, 0.15) is 5.82 Å². The molecule has 1 saturated heterocycles. The second-order valence-corrected chi connectivity index (χ2v) is 5.06. The van der Waals surface area contributed by atoms with Gasteiger partial charge in [-0.3, -0.25) is 4.90 Å². The maximum Gasteiger partial charge on any atom is 0.128 e. The molecule has 0 amide bonds. The van der Waals surface area contributed by atoms with Gasteiger partial charge < -0.3 is 15.7 Å². The Balaban J connectivity index is 1.71. The zero-order valence-corrected chi connectivity index (χ0v) is 11.5. The van der Waals surface area contributed by atoms with Crippen molar-refractivity contribution in [3.05, 3.63) is 18.3 Å². The van der Waals surface area contributed by atoms with Gasteiger partial charge in [-0.15, -0.1) is 0 Å². The van der Waals surface area contributed by atoms with Gasteiger partial charge in [0.25, 0.3) is 0 Å². The van der Waals surface area contributed by atoms with Crippen LogP contribution in [0.15, 0.2) is 18.3 Å². The van der Waals surface area contributed by atoms with E-state index in [4.69, 9.17) is 10.8 Å². The van der Waals surface area contributed by atoms with E-state index in [0.717, 1.165) is 51.4 Å². The Bertz CT molecular complexity index is 360. The Morgan fingerprint density at radius 2 is 1.89 bits per heavy atom. The lowest BCUT2D eigenvalue weighted by molar-refractivity contribution is 0.242. The van der Waals surface area contributed by atoms with Crippen LogP contribution in [0.5, 0.6) is 0 Å². The van der Waals surface area contributed by atoms with Gasteiger partial charge in [-0.05, 0) is 37.9 Å². The Morgan fingerprint density at radius 3 is 2.53 bits per heavy atom. The molecule has 0 atom stereocenters. The van der Waals surface area contributed by atoms with Crippen LogP contribution in [0.1, 0.15) is 19.3 Å². The third-order valence-corrected chi connectivity index (χ3v) is 3.60. The molecule has 0 unspecified atom stereocenters. The fourth-order valence-corrected chi connectivity index (χ4v) is 2.41. The second kappa shape index (κ2) is 7.31. The highest BCUT2D eigenvalue weighted by Crippen LogP contribution is 2.15. The number of pyridine rings is 1. The van der Waals surface area contributed by atoms with Gasteiger partial charge in [0, 0.05) is 32.8 Å².